The van der Waals surface area contributed by atoms with Crippen molar-refractivity contribution in [3.8, 4) is 11.3 Å². The maximum Gasteiger partial charge on any atom is 0.139 e. The van der Waals surface area contributed by atoms with Crippen molar-refractivity contribution in [2.45, 2.75) is 0 Å². The summed E-state index contributed by atoms with van der Waals surface area (Å²) in [7, 11) is 0. The van der Waals surface area contributed by atoms with Crippen LogP contribution < -0.4 is 0 Å². The minimum atomic E-state index is 0.910. The molecule has 3 heteroatoms. The molecule has 2 nitrogen and oxygen atoms in total. The van der Waals surface area contributed by atoms with Crippen LogP contribution in [0.25, 0.3) is 22.3 Å². The van der Waals surface area contributed by atoms with E-state index < -0.39 is 0 Å². The second-order valence-electron chi connectivity index (χ2n) is 3.60. The highest BCUT2D eigenvalue weighted by Gasteiger charge is 2.04. The Morgan fingerprint density at radius 3 is 2.62 bits per heavy atom. The van der Waals surface area contributed by atoms with Crippen molar-refractivity contribution in [1.29, 1.82) is 0 Å². The summed E-state index contributed by atoms with van der Waals surface area (Å²) in [5.74, 6) is 0. The molecule has 0 saturated heterocycles. The largest absolute Gasteiger partial charge is 0.345 e. The molecule has 1 aromatic carbocycles. The lowest BCUT2D eigenvalue weighted by atomic mass is 10.1. The first-order valence-electron chi connectivity index (χ1n) is 5.03. The van der Waals surface area contributed by atoms with Gasteiger partial charge >= 0.3 is 0 Å². The van der Waals surface area contributed by atoms with Crippen molar-refractivity contribution in [3.63, 3.8) is 0 Å². The van der Waals surface area contributed by atoms with Gasteiger partial charge < -0.3 is 4.98 Å². The topological polar surface area (TPSA) is 28.7 Å². The first-order chi connectivity index (χ1) is 7.84. The van der Waals surface area contributed by atoms with Crippen LogP contribution in [0.3, 0.4) is 0 Å². The van der Waals surface area contributed by atoms with E-state index in [1.54, 1.807) is 0 Å². The fourth-order valence-electron chi connectivity index (χ4n) is 1.74. The zero-order valence-electron chi connectivity index (χ0n) is 8.44. The van der Waals surface area contributed by atoms with Crippen molar-refractivity contribution in [1.82, 2.24) is 9.97 Å². The molecule has 0 radical (unpaired) electrons. The molecule has 0 aliphatic heterocycles. The highest BCUT2D eigenvalue weighted by Crippen LogP contribution is 2.25. The van der Waals surface area contributed by atoms with Crippen LogP contribution in [0.5, 0.6) is 0 Å². The molecule has 1 N–H and O–H groups in total. The second kappa shape index (κ2) is 3.76. The molecule has 2 heterocycles. The summed E-state index contributed by atoms with van der Waals surface area (Å²) in [5, 5.41) is 1.11. The van der Waals surface area contributed by atoms with Gasteiger partial charge in [0.1, 0.15) is 5.65 Å². The zero-order chi connectivity index (χ0) is 11.0. The van der Waals surface area contributed by atoms with Gasteiger partial charge in [-0.3, -0.25) is 0 Å². The van der Waals surface area contributed by atoms with Crippen LogP contribution in [0.1, 0.15) is 0 Å². The molecule has 0 saturated carbocycles. The molecular formula is C13H9BrN2. The first kappa shape index (κ1) is 9.60. The minimum absolute atomic E-state index is 0.910. The van der Waals surface area contributed by atoms with Gasteiger partial charge in [0.25, 0.3) is 0 Å². The molecule has 78 valence electrons. The number of hydrogen-bond acceptors (Lipinski definition) is 1. The molecular weight excluding hydrogens is 264 g/mol. The van der Waals surface area contributed by atoms with Gasteiger partial charge in [0.05, 0.1) is 5.69 Å². The number of aromatic nitrogens is 2. The molecule has 0 aliphatic rings. The number of benzene rings is 1. The molecule has 0 spiro atoms. The Hall–Kier alpha value is -1.61. The number of aromatic amines is 1. The maximum atomic E-state index is 4.58. The standard InChI is InChI=1S/C13H9BrN2/c14-11-8-15-13-10(11)6-7-12(16-13)9-4-2-1-3-5-9/h1-8H,(H,15,16). The highest BCUT2D eigenvalue weighted by atomic mass is 79.9. The first-order valence-corrected chi connectivity index (χ1v) is 5.83. The van der Waals surface area contributed by atoms with Crippen molar-refractivity contribution in [2.75, 3.05) is 0 Å². The summed E-state index contributed by atoms with van der Waals surface area (Å²) in [6, 6.07) is 14.3. The zero-order valence-corrected chi connectivity index (χ0v) is 10.0. The summed E-state index contributed by atoms with van der Waals surface area (Å²) < 4.78 is 1.05. The summed E-state index contributed by atoms with van der Waals surface area (Å²) in [6.07, 6.45) is 1.91. The molecule has 0 bridgehead atoms. The van der Waals surface area contributed by atoms with Crippen molar-refractivity contribution in [3.05, 3.63) is 53.1 Å². The second-order valence-corrected chi connectivity index (χ2v) is 4.45. The predicted molar refractivity (Wildman–Crippen MR) is 69.2 cm³/mol. The molecule has 0 unspecified atom stereocenters. The van der Waals surface area contributed by atoms with E-state index in [0.717, 1.165) is 26.8 Å². The summed E-state index contributed by atoms with van der Waals surface area (Å²) in [5.41, 5.74) is 3.03. The number of fused-ring (bicyclic) bond motifs is 1. The van der Waals surface area contributed by atoms with Crippen LogP contribution >= 0.6 is 15.9 Å². The van der Waals surface area contributed by atoms with E-state index in [2.05, 4.69) is 44.1 Å². The fraction of sp³-hybridized carbons (Fsp3) is 0. The van der Waals surface area contributed by atoms with Gasteiger partial charge in [0.2, 0.25) is 0 Å². The van der Waals surface area contributed by atoms with E-state index in [-0.39, 0.29) is 0 Å². The third kappa shape index (κ3) is 1.53. The lowest BCUT2D eigenvalue weighted by Gasteiger charge is -2.00. The number of pyridine rings is 1. The number of nitrogens with one attached hydrogen (secondary N) is 1. The molecule has 0 fully saturated rings. The highest BCUT2D eigenvalue weighted by molar-refractivity contribution is 9.10. The van der Waals surface area contributed by atoms with Crippen LogP contribution in [0.2, 0.25) is 0 Å². The maximum absolute atomic E-state index is 4.58. The number of halogens is 1. The van der Waals surface area contributed by atoms with Crippen molar-refractivity contribution in [2.24, 2.45) is 0 Å². The Balaban J connectivity index is 2.19. The minimum Gasteiger partial charge on any atom is -0.345 e. The molecule has 0 atom stereocenters. The smallest absolute Gasteiger partial charge is 0.139 e. The molecule has 2 aromatic heterocycles. The lowest BCUT2D eigenvalue weighted by molar-refractivity contribution is 1.32. The third-order valence-corrected chi connectivity index (χ3v) is 3.21. The van der Waals surface area contributed by atoms with E-state index in [1.165, 1.54) is 0 Å². The Morgan fingerprint density at radius 2 is 1.81 bits per heavy atom. The fourth-order valence-corrected chi connectivity index (χ4v) is 2.18. The Labute approximate surface area is 101 Å². The number of H-pyrrole nitrogens is 1. The van der Waals surface area contributed by atoms with E-state index >= 15 is 0 Å². The van der Waals surface area contributed by atoms with Crippen LogP contribution in [-0.2, 0) is 0 Å². The van der Waals surface area contributed by atoms with Crippen LogP contribution in [0, 0.1) is 0 Å². The van der Waals surface area contributed by atoms with Gasteiger partial charge in [0, 0.05) is 21.6 Å². The van der Waals surface area contributed by atoms with E-state index in [4.69, 9.17) is 0 Å². The Kier molecular flexibility index (Phi) is 2.26. The average molecular weight is 273 g/mol. The normalized spacial score (nSPS) is 10.8. The van der Waals surface area contributed by atoms with E-state index in [9.17, 15) is 0 Å². The monoisotopic (exact) mass is 272 g/mol. The SMILES string of the molecule is Brc1c[nH]c2nc(-c3ccccc3)ccc12. The van der Waals surface area contributed by atoms with Gasteiger partial charge in [0.15, 0.2) is 0 Å². The number of rotatable bonds is 1. The number of nitrogens with zero attached hydrogens (tertiary/aromatic N) is 1. The molecule has 3 rings (SSSR count). The summed E-state index contributed by atoms with van der Waals surface area (Å²) >= 11 is 3.48. The van der Waals surface area contributed by atoms with E-state index in [1.807, 2.05) is 30.5 Å². The van der Waals surface area contributed by atoms with E-state index in [0.29, 0.717) is 0 Å². The van der Waals surface area contributed by atoms with Crippen LogP contribution in [0.15, 0.2) is 53.1 Å². The lowest BCUT2D eigenvalue weighted by Crippen LogP contribution is -1.83. The summed E-state index contributed by atoms with van der Waals surface area (Å²) in [4.78, 5) is 7.72. The van der Waals surface area contributed by atoms with Crippen molar-refractivity contribution < 1.29 is 0 Å². The molecule has 0 amide bonds. The molecule has 16 heavy (non-hydrogen) atoms. The quantitative estimate of drug-likeness (QED) is 0.713. The van der Waals surface area contributed by atoms with Gasteiger partial charge in [-0.15, -0.1) is 0 Å². The van der Waals surface area contributed by atoms with Gasteiger partial charge in [-0.1, -0.05) is 30.3 Å². The average Bonchev–Trinajstić information content (AvgIpc) is 2.72. The van der Waals surface area contributed by atoms with Crippen LogP contribution in [-0.4, -0.2) is 9.97 Å². The number of hydrogen-bond donors (Lipinski definition) is 1. The predicted octanol–water partition coefficient (Wildman–Crippen LogP) is 3.99. The summed E-state index contributed by atoms with van der Waals surface area (Å²) in [6.45, 7) is 0. The van der Waals surface area contributed by atoms with Crippen LogP contribution in [0.4, 0.5) is 0 Å². The van der Waals surface area contributed by atoms with Gasteiger partial charge in [-0.05, 0) is 28.1 Å². The van der Waals surface area contributed by atoms with Gasteiger partial charge in [-0.25, -0.2) is 4.98 Å². The Bertz CT molecular complexity index is 629. The van der Waals surface area contributed by atoms with Crippen molar-refractivity contribution >= 4 is 27.0 Å². The molecule has 0 aliphatic carbocycles. The third-order valence-electron chi connectivity index (χ3n) is 2.56. The molecule has 3 aromatic rings. The Morgan fingerprint density at radius 1 is 1.00 bits per heavy atom. The van der Waals surface area contributed by atoms with Gasteiger partial charge in [-0.2, -0.15) is 0 Å².